The number of ether oxygens (including phenoxy) is 6. The Morgan fingerprint density at radius 3 is 1.67 bits per heavy atom. The maximum Gasteiger partial charge on any atom is 0.413 e. The molecule has 14 heteroatoms. The second-order valence-corrected chi connectivity index (χ2v) is 12.1. The van der Waals surface area contributed by atoms with Crippen LogP contribution in [0.1, 0.15) is 43.1 Å². The number of carbonyl (C=O) groups excluding carboxylic acids is 6. The van der Waals surface area contributed by atoms with E-state index in [9.17, 15) is 28.8 Å². The number of carbonyl (C=O) groups is 6. The first-order valence-electron chi connectivity index (χ1n) is 17.1. The molecular weight excluding hydrogens is 712 g/mol. The van der Waals surface area contributed by atoms with E-state index in [1.807, 2.05) is 0 Å². The lowest BCUT2D eigenvalue weighted by atomic mass is 10.1. The highest BCUT2D eigenvalue weighted by Gasteiger charge is 2.56. The van der Waals surface area contributed by atoms with Gasteiger partial charge in [0.2, 0.25) is 5.91 Å². The lowest BCUT2D eigenvalue weighted by Gasteiger charge is -2.35. The largest absolute Gasteiger partial charge is 0.460 e. The smallest absolute Gasteiger partial charge is 0.413 e. The van der Waals surface area contributed by atoms with E-state index in [0.29, 0.717) is 10.5 Å². The molecule has 14 nitrogen and oxygen atoms in total. The molecular formula is C41H38N2O12. The van der Waals surface area contributed by atoms with Crippen LogP contribution in [0.2, 0.25) is 0 Å². The molecule has 0 aromatic heterocycles. The summed E-state index contributed by atoms with van der Waals surface area (Å²) in [5.41, 5.74) is 6.52. The summed E-state index contributed by atoms with van der Waals surface area (Å²) in [5, 5.41) is 0. The number of esters is 4. The van der Waals surface area contributed by atoms with Crippen LogP contribution in [0.3, 0.4) is 0 Å². The van der Waals surface area contributed by atoms with Crippen molar-refractivity contribution in [2.24, 2.45) is 5.73 Å². The van der Waals surface area contributed by atoms with Crippen LogP contribution in [-0.2, 0) is 44.6 Å². The van der Waals surface area contributed by atoms with E-state index in [0.717, 1.165) is 0 Å². The summed E-state index contributed by atoms with van der Waals surface area (Å²) < 4.78 is 34.7. The first-order chi connectivity index (χ1) is 26.7. The molecule has 0 saturated carbocycles. The van der Waals surface area contributed by atoms with E-state index < -0.39 is 79.5 Å². The zero-order chi connectivity index (χ0) is 39.2. The summed E-state index contributed by atoms with van der Waals surface area (Å²) in [5.74, 6) is -4.70. The maximum absolute atomic E-state index is 14.2. The standard InChI is InChI=1S/C41H38N2O12/c1-2-23-50-40(48)31(24-33(42)44)43(41(49)52-25-27-15-7-3-8-16-27)36-35(55-39(47)30-21-13-6-14-22-30)34(54-38(46)29-19-11-5-12-20-29)32(53-36)26-51-37(45)28-17-9-4-10-18-28/h2-22,31-32,34-36H,1,23-26H2,(H2,42,44)/t31-,32+,34+,35+,36+/m0/s1. The Morgan fingerprint density at radius 2 is 1.16 bits per heavy atom. The molecule has 1 saturated heterocycles. The van der Waals surface area contributed by atoms with Crippen molar-refractivity contribution in [1.29, 1.82) is 0 Å². The highest BCUT2D eigenvalue weighted by Crippen LogP contribution is 2.34. The van der Waals surface area contributed by atoms with Gasteiger partial charge in [-0.3, -0.25) is 9.69 Å². The summed E-state index contributed by atoms with van der Waals surface area (Å²) in [6, 6.07) is 30.4. The molecule has 1 aliphatic rings. The third-order valence-electron chi connectivity index (χ3n) is 8.21. The van der Waals surface area contributed by atoms with Crippen LogP contribution in [0.5, 0.6) is 0 Å². The number of amides is 2. The topological polar surface area (TPSA) is 187 Å². The van der Waals surface area contributed by atoms with E-state index in [1.54, 1.807) is 84.9 Å². The fourth-order valence-electron chi connectivity index (χ4n) is 5.61. The van der Waals surface area contributed by atoms with Gasteiger partial charge in [-0.1, -0.05) is 97.6 Å². The molecule has 0 radical (unpaired) electrons. The predicted molar refractivity (Wildman–Crippen MR) is 194 cm³/mol. The molecule has 0 unspecified atom stereocenters. The van der Waals surface area contributed by atoms with E-state index in [4.69, 9.17) is 34.2 Å². The third-order valence-corrected chi connectivity index (χ3v) is 8.21. The molecule has 1 aliphatic heterocycles. The number of primary amides is 1. The highest BCUT2D eigenvalue weighted by atomic mass is 16.7. The van der Waals surface area contributed by atoms with Crippen LogP contribution in [0, 0.1) is 0 Å². The molecule has 1 heterocycles. The molecule has 4 aromatic rings. The summed E-state index contributed by atoms with van der Waals surface area (Å²) in [4.78, 5) is 81.4. The molecule has 0 aliphatic carbocycles. The molecule has 2 amide bonds. The zero-order valence-corrected chi connectivity index (χ0v) is 29.5. The minimum Gasteiger partial charge on any atom is -0.460 e. The van der Waals surface area contributed by atoms with Crippen LogP contribution in [0.4, 0.5) is 4.79 Å². The highest BCUT2D eigenvalue weighted by molar-refractivity contribution is 5.91. The van der Waals surface area contributed by atoms with Crippen molar-refractivity contribution >= 4 is 35.9 Å². The van der Waals surface area contributed by atoms with Crippen molar-refractivity contribution in [3.63, 3.8) is 0 Å². The number of hydrogen-bond donors (Lipinski definition) is 1. The van der Waals surface area contributed by atoms with Gasteiger partial charge in [0.25, 0.3) is 0 Å². The lowest BCUT2D eigenvalue weighted by molar-refractivity contribution is -0.160. The SMILES string of the molecule is C=CCOC(=O)[C@H](CC(N)=O)N(C(=O)OCc1ccccc1)[C@@H]1O[C@H](COC(=O)c2ccccc2)[C@@H](OC(=O)c2ccccc2)[C@H]1OC(=O)c1ccccc1. The summed E-state index contributed by atoms with van der Waals surface area (Å²) in [6.45, 7) is 2.33. The zero-order valence-electron chi connectivity index (χ0n) is 29.5. The average molecular weight is 751 g/mol. The molecule has 0 spiro atoms. The number of benzene rings is 4. The van der Waals surface area contributed by atoms with Crippen molar-refractivity contribution in [2.75, 3.05) is 13.2 Å². The summed E-state index contributed by atoms with van der Waals surface area (Å²) in [7, 11) is 0. The van der Waals surface area contributed by atoms with Crippen molar-refractivity contribution < 1.29 is 57.2 Å². The number of nitrogens with two attached hydrogens (primary N) is 1. The molecule has 4 aromatic carbocycles. The van der Waals surface area contributed by atoms with E-state index >= 15 is 0 Å². The molecule has 284 valence electrons. The quantitative estimate of drug-likeness (QED) is 0.0952. The Kier molecular flexibility index (Phi) is 13.8. The predicted octanol–water partition coefficient (Wildman–Crippen LogP) is 4.63. The van der Waals surface area contributed by atoms with Gasteiger partial charge >= 0.3 is 30.0 Å². The van der Waals surface area contributed by atoms with Gasteiger partial charge in [-0.25, -0.2) is 24.0 Å². The average Bonchev–Trinajstić information content (AvgIpc) is 3.53. The first kappa shape index (κ1) is 39.4. The van der Waals surface area contributed by atoms with Gasteiger partial charge in [0.1, 0.15) is 32.0 Å². The number of rotatable bonds is 16. The Balaban J connectivity index is 1.60. The molecule has 1 fully saturated rings. The van der Waals surface area contributed by atoms with Gasteiger partial charge < -0.3 is 34.2 Å². The Hall–Kier alpha value is -6.80. The van der Waals surface area contributed by atoms with Gasteiger partial charge in [-0.05, 0) is 42.0 Å². The summed E-state index contributed by atoms with van der Waals surface area (Å²) >= 11 is 0. The number of hydrogen-bond acceptors (Lipinski definition) is 12. The minimum absolute atomic E-state index is 0.0747. The summed E-state index contributed by atoms with van der Waals surface area (Å²) in [6.07, 6.45) is -7.31. The molecule has 55 heavy (non-hydrogen) atoms. The molecule has 5 rings (SSSR count). The fraction of sp³-hybridized carbons (Fsp3) is 0.220. The molecule has 0 bridgehead atoms. The van der Waals surface area contributed by atoms with Gasteiger partial charge in [0.05, 0.1) is 23.1 Å². The fourth-order valence-corrected chi connectivity index (χ4v) is 5.61. The van der Waals surface area contributed by atoms with Gasteiger partial charge in [-0.2, -0.15) is 0 Å². The second kappa shape index (κ2) is 19.3. The minimum atomic E-state index is -1.83. The molecule has 2 N–H and O–H groups in total. The third kappa shape index (κ3) is 10.6. The molecule has 5 atom stereocenters. The van der Waals surface area contributed by atoms with Gasteiger partial charge in [0, 0.05) is 0 Å². The maximum atomic E-state index is 14.2. The van der Waals surface area contributed by atoms with E-state index in [1.165, 1.54) is 42.5 Å². The first-order valence-corrected chi connectivity index (χ1v) is 17.1. The van der Waals surface area contributed by atoms with Gasteiger partial charge in [0.15, 0.2) is 18.4 Å². The van der Waals surface area contributed by atoms with E-state index in [-0.39, 0.29) is 29.9 Å². The van der Waals surface area contributed by atoms with Crippen molar-refractivity contribution in [1.82, 2.24) is 4.90 Å². The van der Waals surface area contributed by atoms with Gasteiger partial charge in [-0.15, -0.1) is 0 Å². The van der Waals surface area contributed by atoms with Crippen molar-refractivity contribution in [3.05, 3.63) is 156 Å². The Morgan fingerprint density at radius 1 is 0.673 bits per heavy atom. The normalized spacial score (nSPS) is 17.8. The van der Waals surface area contributed by atoms with Crippen LogP contribution in [0.15, 0.2) is 134 Å². The van der Waals surface area contributed by atoms with E-state index in [2.05, 4.69) is 6.58 Å². The monoisotopic (exact) mass is 750 g/mol. The lowest BCUT2D eigenvalue weighted by Crippen LogP contribution is -2.57. The van der Waals surface area contributed by atoms with Crippen molar-refractivity contribution in [2.45, 2.75) is 43.6 Å². The van der Waals surface area contributed by atoms with Crippen LogP contribution >= 0.6 is 0 Å². The van der Waals surface area contributed by atoms with Crippen LogP contribution in [0.25, 0.3) is 0 Å². The second-order valence-electron chi connectivity index (χ2n) is 12.1. The van der Waals surface area contributed by atoms with Crippen LogP contribution < -0.4 is 5.73 Å². The number of nitrogens with zero attached hydrogens (tertiary/aromatic N) is 1. The van der Waals surface area contributed by atoms with Crippen molar-refractivity contribution in [3.8, 4) is 0 Å². The Labute approximate surface area is 316 Å². The Bertz CT molecular complexity index is 1940. The van der Waals surface area contributed by atoms with Crippen LogP contribution in [-0.4, -0.2) is 84.6 Å².